The van der Waals surface area contributed by atoms with Gasteiger partial charge < -0.3 is 5.11 Å². The Morgan fingerprint density at radius 1 is 1.44 bits per heavy atom. The van der Waals surface area contributed by atoms with Gasteiger partial charge in [-0.25, -0.2) is 8.42 Å². The van der Waals surface area contributed by atoms with E-state index < -0.39 is 16.0 Å². The summed E-state index contributed by atoms with van der Waals surface area (Å²) in [5.74, 6) is -0.909. The van der Waals surface area contributed by atoms with E-state index >= 15 is 0 Å². The average Bonchev–Trinajstić information content (AvgIpc) is 2.80. The third-order valence-electron chi connectivity index (χ3n) is 4.37. The van der Waals surface area contributed by atoms with Gasteiger partial charge in [0.05, 0.1) is 17.1 Å². The van der Waals surface area contributed by atoms with E-state index in [2.05, 4.69) is 0 Å². The van der Waals surface area contributed by atoms with Crippen molar-refractivity contribution >= 4 is 27.6 Å². The number of hydrogen-bond acceptors (Lipinski definition) is 5. The number of aliphatic carboxylic acids is 1. The van der Waals surface area contributed by atoms with Gasteiger partial charge in [0.15, 0.2) is 0 Å². The normalized spacial score (nSPS) is 19.4. The quantitative estimate of drug-likeness (QED) is 0.828. The summed E-state index contributed by atoms with van der Waals surface area (Å²) in [6.07, 6.45) is 1.87. The van der Waals surface area contributed by atoms with E-state index in [-0.39, 0.29) is 34.6 Å². The van der Waals surface area contributed by atoms with Crippen LogP contribution in [0.2, 0.25) is 5.02 Å². The van der Waals surface area contributed by atoms with Gasteiger partial charge in [-0.1, -0.05) is 17.7 Å². The van der Waals surface area contributed by atoms with E-state index in [4.69, 9.17) is 16.7 Å². The summed E-state index contributed by atoms with van der Waals surface area (Å²) in [5.41, 5.74) is -0.0482. The summed E-state index contributed by atoms with van der Waals surface area (Å²) >= 11 is 5.95. The van der Waals surface area contributed by atoms with Crippen LogP contribution in [0.3, 0.4) is 0 Å². The number of carboxylic acids is 1. The van der Waals surface area contributed by atoms with E-state index in [1.807, 2.05) is 6.07 Å². The number of likely N-dealkylation sites (N-methyl/N-ethyl adjacent to an activating group) is 1. The third kappa shape index (κ3) is 4.50. The minimum Gasteiger partial charge on any atom is -0.480 e. The molecule has 1 heterocycles. The summed E-state index contributed by atoms with van der Waals surface area (Å²) < 4.78 is 27.2. The lowest BCUT2D eigenvalue weighted by Crippen LogP contribution is -2.37. The molecule has 7 nitrogen and oxygen atoms in total. The first-order chi connectivity index (χ1) is 11.8. The maximum atomic E-state index is 12.9. The Labute approximate surface area is 152 Å². The van der Waals surface area contributed by atoms with Gasteiger partial charge in [-0.05, 0) is 38.4 Å². The highest BCUT2D eigenvalue weighted by molar-refractivity contribution is 7.89. The molecule has 0 bridgehead atoms. The van der Waals surface area contributed by atoms with Gasteiger partial charge in [-0.3, -0.25) is 9.69 Å². The van der Waals surface area contributed by atoms with Crippen LogP contribution in [-0.2, 0) is 14.8 Å². The van der Waals surface area contributed by atoms with Crippen LogP contribution < -0.4 is 0 Å². The second kappa shape index (κ2) is 8.15. The maximum Gasteiger partial charge on any atom is 0.317 e. The average molecular weight is 386 g/mol. The number of nitrogens with zero attached hydrogens (tertiary/aromatic N) is 3. The van der Waals surface area contributed by atoms with Crippen molar-refractivity contribution in [3.63, 3.8) is 0 Å². The van der Waals surface area contributed by atoms with Crippen molar-refractivity contribution in [3.05, 3.63) is 28.8 Å². The van der Waals surface area contributed by atoms with Crippen LogP contribution in [0.15, 0.2) is 23.1 Å². The molecule has 1 unspecified atom stereocenters. The lowest BCUT2D eigenvalue weighted by Gasteiger charge is -2.25. The maximum absolute atomic E-state index is 12.9. The Bertz CT molecular complexity index is 791. The van der Waals surface area contributed by atoms with Gasteiger partial charge in [0, 0.05) is 19.1 Å². The molecule has 0 saturated carbocycles. The van der Waals surface area contributed by atoms with Crippen LogP contribution in [-0.4, -0.2) is 61.4 Å². The first-order valence-corrected chi connectivity index (χ1v) is 9.70. The zero-order valence-electron chi connectivity index (χ0n) is 13.9. The van der Waals surface area contributed by atoms with Crippen LogP contribution in [0.5, 0.6) is 0 Å². The van der Waals surface area contributed by atoms with Gasteiger partial charge in [-0.2, -0.15) is 9.57 Å². The van der Waals surface area contributed by atoms with Gasteiger partial charge in [0.25, 0.3) is 0 Å². The zero-order chi connectivity index (χ0) is 18.6. The Hall–Kier alpha value is -1.66. The number of sulfonamides is 1. The molecule has 1 saturated heterocycles. The first-order valence-electron chi connectivity index (χ1n) is 7.88. The molecule has 0 radical (unpaired) electrons. The van der Waals surface area contributed by atoms with Crippen LogP contribution >= 0.6 is 11.6 Å². The zero-order valence-corrected chi connectivity index (χ0v) is 15.4. The Morgan fingerprint density at radius 2 is 2.16 bits per heavy atom. The van der Waals surface area contributed by atoms with E-state index in [0.717, 1.165) is 6.42 Å². The molecule has 9 heteroatoms. The molecule has 2 rings (SSSR count). The number of hydrogen-bond donors (Lipinski definition) is 1. The number of benzene rings is 1. The van der Waals surface area contributed by atoms with E-state index in [1.165, 1.54) is 22.5 Å². The van der Waals surface area contributed by atoms with Crippen LogP contribution in [0, 0.1) is 11.3 Å². The highest BCUT2D eigenvalue weighted by atomic mass is 35.5. The fourth-order valence-corrected chi connectivity index (χ4v) is 4.97. The Balaban J connectivity index is 2.21. The van der Waals surface area contributed by atoms with E-state index in [0.29, 0.717) is 19.4 Å². The highest BCUT2D eigenvalue weighted by Crippen LogP contribution is 2.28. The van der Waals surface area contributed by atoms with Crippen molar-refractivity contribution in [3.8, 4) is 6.07 Å². The fraction of sp³-hybridized carbons (Fsp3) is 0.500. The molecule has 1 atom stereocenters. The number of carboxylic acid groups (broad SMARTS) is 1. The standard InChI is InChI=1S/C16H20ClN3O4S/c1-19(11-16(21)22)12-4-3-8-20(9-7-12)25(23,24)15-6-2-5-14(17)13(15)10-18/h2,5-6,12H,3-4,7-9,11H2,1H3,(H,21,22). The highest BCUT2D eigenvalue weighted by Gasteiger charge is 2.31. The molecule has 1 aliphatic heterocycles. The lowest BCUT2D eigenvalue weighted by atomic mass is 10.1. The SMILES string of the molecule is CN(CC(=O)O)C1CCCN(S(=O)(=O)c2cccc(Cl)c2C#N)CC1. The minimum absolute atomic E-state index is 0.00565. The van der Waals surface area contributed by atoms with Crippen LogP contribution in [0.25, 0.3) is 0 Å². The lowest BCUT2D eigenvalue weighted by molar-refractivity contribution is -0.138. The van der Waals surface area contributed by atoms with E-state index in [9.17, 15) is 18.5 Å². The van der Waals surface area contributed by atoms with Gasteiger partial charge in [0.2, 0.25) is 10.0 Å². The summed E-state index contributed by atoms with van der Waals surface area (Å²) in [6, 6.07) is 6.25. The second-order valence-corrected chi connectivity index (χ2v) is 8.34. The molecule has 0 amide bonds. The van der Waals surface area contributed by atoms with Crippen LogP contribution in [0.4, 0.5) is 0 Å². The summed E-state index contributed by atoms with van der Waals surface area (Å²) in [6.45, 7) is 0.524. The molecule has 136 valence electrons. The second-order valence-electron chi connectivity index (χ2n) is 6.02. The molecule has 0 spiro atoms. The molecule has 1 aromatic carbocycles. The number of carbonyl (C=O) groups is 1. The van der Waals surface area contributed by atoms with Crippen molar-refractivity contribution < 1.29 is 18.3 Å². The molecule has 1 fully saturated rings. The summed E-state index contributed by atoms with van der Waals surface area (Å²) in [5, 5.41) is 18.3. The third-order valence-corrected chi connectivity index (χ3v) is 6.63. The summed E-state index contributed by atoms with van der Waals surface area (Å²) in [4.78, 5) is 12.5. The molecule has 1 aromatic rings. The van der Waals surface area contributed by atoms with Crippen molar-refractivity contribution in [1.82, 2.24) is 9.21 Å². The van der Waals surface area contributed by atoms with Gasteiger partial charge in [0.1, 0.15) is 11.0 Å². The monoisotopic (exact) mass is 385 g/mol. The van der Waals surface area contributed by atoms with Crippen molar-refractivity contribution in [2.75, 3.05) is 26.7 Å². The Morgan fingerprint density at radius 3 is 2.80 bits per heavy atom. The predicted octanol–water partition coefficient (Wildman–Crippen LogP) is 1.77. The fourth-order valence-electron chi connectivity index (χ4n) is 3.04. The topological polar surface area (TPSA) is 102 Å². The van der Waals surface area contributed by atoms with Crippen molar-refractivity contribution in [2.24, 2.45) is 0 Å². The minimum atomic E-state index is -3.83. The molecule has 0 aliphatic carbocycles. The van der Waals surface area contributed by atoms with Crippen LogP contribution in [0.1, 0.15) is 24.8 Å². The predicted molar refractivity (Wildman–Crippen MR) is 92.8 cm³/mol. The number of halogens is 1. The van der Waals surface area contributed by atoms with Crippen molar-refractivity contribution in [1.29, 1.82) is 5.26 Å². The Kier molecular flexibility index (Phi) is 6.41. The first kappa shape index (κ1) is 19.7. The number of nitriles is 1. The molecule has 1 N–H and O–H groups in total. The smallest absolute Gasteiger partial charge is 0.317 e. The molecule has 1 aliphatic rings. The van der Waals surface area contributed by atoms with Gasteiger partial charge in [-0.15, -0.1) is 0 Å². The molecular weight excluding hydrogens is 366 g/mol. The van der Waals surface area contributed by atoms with Crippen molar-refractivity contribution in [2.45, 2.75) is 30.2 Å². The largest absolute Gasteiger partial charge is 0.480 e. The summed E-state index contributed by atoms with van der Waals surface area (Å²) in [7, 11) is -2.10. The van der Waals surface area contributed by atoms with E-state index in [1.54, 1.807) is 11.9 Å². The van der Waals surface area contributed by atoms with Gasteiger partial charge >= 0.3 is 5.97 Å². The molecule has 25 heavy (non-hydrogen) atoms. The number of rotatable bonds is 5. The molecular formula is C16H20ClN3O4S. The molecule has 0 aromatic heterocycles.